The quantitative estimate of drug-likeness (QED) is 0.932. The second-order valence-corrected chi connectivity index (χ2v) is 5.41. The Morgan fingerprint density at radius 3 is 2.65 bits per heavy atom. The highest BCUT2D eigenvalue weighted by Gasteiger charge is 2.17. The highest BCUT2D eigenvalue weighted by Crippen LogP contribution is 2.21. The molecule has 0 fully saturated rings. The number of amides is 1. The summed E-state index contributed by atoms with van der Waals surface area (Å²) in [6.07, 6.45) is 1.07. The molecule has 0 saturated carbocycles. The van der Waals surface area contributed by atoms with E-state index in [9.17, 15) is 4.79 Å². The Morgan fingerprint density at radius 2 is 2.00 bits per heavy atom. The molecule has 0 atom stereocenters. The number of hydrogen-bond donors (Lipinski definition) is 1. The normalized spacial score (nSPS) is 11.2. The van der Waals surface area contributed by atoms with Gasteiger partial charge in [-0.15, -0.1) is 0 Å². The Morgan fingerprint density at radius 1 is 1.30 bits per heavy atom. The first-order valence-corrected chi connectivity index (χ1v) is 6.41. The van der Waals surface area contributed by atoms with E-state index in [-0.39, 0.29) is 0 Å². The van der Waals surface area contributed by atoms with Gasteiger partial charge in [-0.25, -0.2) is 4.79 Å². The molecule has 0 aliphatic carbocycles. The number of rotatable bonds is 3. The van der Waals surface area contributed by atoms with E-state index in [4.69, 9.17) is 9.26 Å². The van der Waals surface area contributed by atoms with Crippen LogP contribution in [-0.4, -0.2) is 16.9 Å². The lowest BCUT2D eigenvalue weighted by Gasteiger charge is -2.19. The highest BCUT2D eigenvalue weighted by molar-refractivity contribution is 5.68. The predicted molar refractivity (Wildman–Crippen MR) is 75.0 cm³/mol. The zero-order valence-electron chi connectivity index (χ0n) is 11.8. The maximum atomic E-state index is 11.6. The van der Waals surface area contributed by atoms with E-state index in [1.54, 1.807) is 0 Å². The zero-order chi connectivity index (χ0) is 14.6. The SMILES string of the molecule is CC(C)(C)OC(=O)NCc1conc1-c1ccccc1. The Labute approximate surface area is 117 Å². The molecule has 0 spiro atoms. The molecule has 0 unspecified atom stereocenters. The maximum Gasteiger partial charge on any atom is 0.407 e. The number of carbonyl (C=O) groups excluding carboxylic acids is 1. The van der Waals surface area contributed by atoms with Crippen molar-refractivity contribution in [3.63, 3.8) is 0 Å². The minimum Gasteiger partial charge on any atom is -0.444 e. The molecule has 106 valence electrons. The average Bonchev–Trinajstić information content (AvgIpc) is 2.83. The summed E-state index contributed by atoms with van der Waals surface area (Å²) in [6, 6.07) is 9.66. The first kappa shape index (κ1) is 14.1. The second kappa shape index (κ2) is 5.77. The van der Waals surface area contributed by atoms with Gasteiger partial charge in [0.25, 0.3) is 0 Å². The standard InChI is InChI=1S/C15H18N2O3/c1-15(2,3)20-14(18)16-9-12-10-19-17-13(12)11-7-5-4-6-8-11/h4-8,10H,9H2,1-3H3,(H,16,18). The van der Waals surface area contributed by atoms with Gasteiger partial charge in [-0.2, -0.15) is 0 Å². The van der Waals surface area contributed by atoms with Crippen LogP contribution in [0.1, 0.15) is 26.3 Å². The van der Waals surface area contributed by atoms with Gasteiger partial charge in [0.15, 0.2) is 0 Å². The lowest BCUT2D eigenvalue weighted by Crippen LogP contribution is -2.32. The lowest BCUT2D eigenvalue weighted by molar-refractivity contribution is 0.0523. The van der Waals surface area contributed by atoms with Gasteiger partial charge >= 0.3 is 6.09 Å². The molecule has 5 heteroatoms. The van der Waals surface area contributed by atoms with Gasteiger partial charge in [-0.3, -0.25) is 0 Å². The van der Waals surface area contributed by atoms with Crippen molar-refractivity contribution in [1.29, 1.82) is 0 Å². The first-order chi connectivity index (χ1) is 9.46. The summed E-state index contributed by atoms with van der Waals surface area (Å²) in [7, 11) is 0. The van der Waals surface area contributed by atoms with Crippen LogP contribution in [0, 0.1) is 0 Å². The number of carbonyl (C=O) groups is 1. The number of benzene rings is 1. The van der Waals surface area contributed by atoms with Gasteiger partial charge in [-0.1, -0.05) is 35.5 Å². The van der Waals surface area contributed by atoms with E-state index in [1.165, 1.54) is 6.26 Å². The van der Waals surface area contributed by atoms with Crippen LogP contribution in [0.5, 0.6) is 0 Å². The summed E-state index contributed by atoms with van der Waals surface area (Å²) in [6.45, 7) is 5.77. The van der Waals surface area contributed by atoms with Gasteiger partial charge in [0, 0.05) is 11.1 Å². The molecule has 0 aliphatic heterocycles. The number of ether oxygens (including phenoxy) is 1. The Balaban J connectivity index is 2.02. The fourth-order valence-electron chi connectivity index (χ4n) is 1.70. The molecule has 1 amide bonds. The summed E-state index contributed by atoms with van der Waals surface area (Å²) in [5.41, 5.74) is 1.96. The van der Waals surface area contributed by atoms with Crippen LogP contribution < -0.4 is 5.32 Å². The maximum absolute atomic E-state index is 11.6. The number of aromatic nitrogens is 1. The molecule has 5 nitrogen and oxygen atoms in total. The highest BCUT2D eigenvalue weighted by atomic mass is 16.6. The fraction of sp³-hybridized carbons (Fsp3) is 0.333. The van der Waals surface area contributed by atoms with Gasteiger partial charge in [0.2, 0.25) is 0 Å². The molecule has 0 saturated heterocycles. The van der Waals surface area contributed by atoms with Crippen LogP contribution in [-0.2, 0) is 11.3 Å². The smallest absolute Gasteiger partial charge is 0.407 e. The van der Waals surface area contributed by atoms with Crippen molar-refractivity contribution in [2.75, 3.05) is 0 Å². The molecule has 0 radical (unpaired) electrons. The van der Waals surface area contributed by atoms with Crippen molar-refractivity contribution < 1.29 is 14.1 Å². The molecule has 20 heavy (non-hydrogen) atoms. The molecule has 2 rings (SSSR count). The van der Waals surface area contributed by atoms with Crippen molar-refractivity contribution in [1.82, 2.24) is 10.5 Å². The predicted octanol–water partition coefficient (Wildman–Crippen LogP) is 3.37. The largest absolute Gasteiger partial charge is 0.444 e. The molecule has 1 aromatic carbocycles. The molecule has 0 aliphatic rings. The summed E-state index contributed by atoms with van der Waals surface area (Å²) < 4.78 is 10.2. The summed E-state index contributed by atoms with van der Waals surface area (Å²) in [5.74, 6) is 0. The van der Waals surface area contributed by atoms with Gasteiger partial charge < -0.3 is 14.6 Å². The minimum absolute atomic E-state index is 0.308. The van der Waals surface area contributed by atoms with Gasteiger partial charge in [0.05, 0.1) is 6.54 Å². The number of nitrogens with one attached hydrogen (secondary N) is 1. The van der Waals surface area contributed by atoms with E-state index in [0.717, 1.165) is 16.8 Å². The third-order valence-electron chi connectivity index (χ3n) is 2.51. The van der Waals surface area contributed by atoms with Crippen molar-refractivity contribution in [2.45, 2.75) is 32.9 Å². The molecule has 2 aromatic rings. The van der Waals surface area contributed by atoms with Crippen molar-refractivity contribution >= 4 is 6.09 Å². The van der Waals surface area contributed by atoms with E-state index >= 15 is 0 Å². The third kappa shape index (κ3) is 3.85. The van der Waals surface area contributed by atoms with E-state index in [0.29, 0.717) is 6.54 Å². The Bertz CT molecular complexity index is 570. The lowest BCUT2D eigenvalue weighted by atomic mass is 10.1. The van der Waals surface area contributed by atoms with Crippen molar-refractivity contribution in [3.8, 4) is 11.3 Å². The van der Waals surface area contributed by atoms with E-state index < -0.39 is 11.7 Å². The van der Waals surface area contributed by atoms with Crippen LogP contribution in [0.4, 0.5) is 4.79 Å². The summed E-state index contributed by atoms with van der Waals surface area (Å²) in [5, 5.41) is 6.66. The van der Waals surface area contributed by atoms with E-state index in [1.807, 2.05) is 51.1 Å². The Kier molecular flexibility index (Phi) is 4.08. The first-order valence-electron chi connectivity index (χ1n) is 6.41. The van der Waals surface area contributed by atoms with E-state index in [2.05, 4.69) is 10.5 Å². The average molecular weight is 274 g/mol. The van der Waals surface area contributed by atoms with Crippen molar-refractivity contribution in [3.05, 3.63) is 42.2 Å². The van der Waals surface area contributed by atoms with Crippen molar-refractivity contribution in [2.24, 2.45) is 0 Å². The number of hydrogen-bond acceptors (Lipinski definition) is 4. The topological polar surface area (TPSA) is 64.4 Å². The number of nitrogens with zero attached hydrogens (tertiary/aromatic N) is 1. The number of alkyl carbamates (subject to hydrolysis) is 1. The van der Waals surface area contributed by atoms with Gasteiger partial charge in [0.1, 0.15) is 17.6 Å². The van der Waals surface area contributed by atoms with Crippen LogP contribution in [0.25, 0.3) is 11.3 Å². The van der Waals surface area contributed by atoms with Crippen LogP contribution >= 0.6 is 0 Å². The summed E-state index contributed by atoms with van der Waals surface area (Å²) in [4.78, 5) is 11.6. The second-order valence-electron chi connectivity index (χ2n) is 5.41. The Hall–Kier alpha value is -2.30. The summed E-state index contributed by atoms with van der Waals surface area (Å²) >= 11 is 0. The molecular formula is C15H18N2O3. The van der Waals surface area contributed by atoms with Crippen LogP contribution in [0.2, 0.25) is 0 Å². The van der Waals surface area contributed by atoms with Crippen LogP contribution in [0.15, 0.2) is 41.1 Å². The molecule has 1 aromatic heterocycles. The van der Waals surface area contributed by atoms with Crippen LogP contribution in [0.3, 0.4) is 0 Å². The monoisotopic (exact) mass is 274 g/mol. The molecule has 1 heterocycles. The fourth-order valence-corrected chi connectivity index (χ4v) is 1.70. The molecule has 0 bridgehead atoms. The third-order valence-corrected chi connectivity index (χ3v) is 2.51. The molecular weight excluding hydrogens is 256 g/mol. The minimum atomic E-state index is -0.513. The van der Waals surface area contributed by atoms with Gasteiger partial charge in [-0.05, 0) is 20.8 Å². The molecule has 1 N–H and O–H groups in total. The zero-order valence-corrected chi connectivity index (χ0v) is 11.8.